The molecule has 0 aliphatic carbocycles. The molecule has 1 aliphatic heterocycles. The Labute approximate surface area is 90.6 Å². The lowest BCUT2D eigenvalue weighted by atomic mass is 10.0. The summed E-state index contributed by atoms with van der Waals surface area (Å²) in [7, 11) is 0. The monoisotopic (exact) mass is 213 g/mol. The maximum atomic E-state index is 11.5. The lowest BCUT2D eigenvalue weighted by Crippen LogP contribution is -2.43. The van der Waals surface area contributed by atoms with Gasteiger partial charge in [0.15, 0.2) is 0 Å². The van der Waals surface area contributed by atoms with Gasteiger partial charge in [0, 0.05) is 12.5 Å². The van der Waals surface area contributed by atoms with Crippen molar-refractivity contribution in [3.63, 3.8) is 0 Å². The Bertz CT molecular complexity index is 240. The van der Waals surface area contributed by atoms with Gasteiger partial charge >= 0.3 is 6.09 Å². The van der Waals surface area contributed by atoms with E-state index < -0.39 is 0 Å². The Morgan fingerprint density at radius 2 is 2.20 bits per heavy atom. The Kier molecular flexibility index (Phi) is 4.12. The highest BCUT2D eigenvalue weighted by Crippen LogP contribution is 2.23. The third-order valence-corrected chi connectivity index (χ3v) is 2.89. The third-order valence-electron chi connectivity index (χ3n) is 2.89. The second kappa shape index (κ2) is 5.14. The van der Waals surface area contributed by atoms with E-state index in [4.69, 9.17) is 4.74 Å². The van der Waals surface area contributed by atoms with Crippen molar-refractivity contribution in [3.05, 3.63) is 0 Å². The minimum atomic E-state index is -0.243. The summed E-state index contributed by atoms with van der Waals surface area (Å²) in [6.45, 7) is 6.59. The minimum absolute atomic E-state index is 0.0811. The first-order valence-electron chi connectivity index (χ1n) is 5.46. The summed E-state index contributed by atoms with van der Waals surface area (Å²) < 4.78 is 5.04. The summed E-state index contributed by atoms with van der Waals surface area (Å²) in [4.78, 5) is 23.6. The van der Waals surface area contributed by atoms with Gasteiger partial charge in [0.2, 0.25) is 0 Å². The summed E-state index contributed by atoms with van der Waals surface area (Å²) in [5, 5.41) is 0. The smallest absolute Gasteiger partial charge is 0.410 e. The number of rotatable bonds is 5. The van der Waals surface area contributed by atoms with Gasteiger partial charge < -0.3 is 9.53 Å². The van der Waals surface area contributed by atoms with Crippen LogP contribution in [0.3, 0.4) is 0 Å². The predicted octanol–water partition coefficient (Wildman–Crippen LogP) is 1.83. The number of nitrogens with zero attached hydrogens (tertiary/aromatic N) is 1. The fourth-order valence-electron chi connectivity index (χ4n) is 1.92. The van der Waals surface area contributed by atoms with E-state index in [-0.39, 0.29) is 18.2 Å². The fraction of sp³-hybridized carbons (Fsp3) is 0.818. The molecule has 0 aromatic heterocycles. The second-order valence-electron chi connectivity index (χ2n) is 4.39. The third kappa shape index (κ3) is 2.70. The van der Waals surface area contributed by atoms with E-state index >= 15 is 0 Å². The molecule has 0 N–H and O–H groups in total. The molecule has 4 nitrogen and oxygen atoms in total. The van der Waals surface area contributed by atoms with Crippen LogP contribution in [0.2, 0.25) is 0 Å². The van der Waals surface area contributed by atoms with E-state index in [2.05, 4.69) is 13.8 Å². The number of hydrogen-bond acceptors (Lipinski definition) is 3. The molecule has 0 spiro atoms. The minimum Gasteiger partial charge on any atom is -0.447 e. The van der Waals surface area contributed by atoms with Crippen molar-refractivity contribution in [1.29, 1.82) is 0 Å². The van der Waals surface area contributed by atoms with Crippen LogP contribution in [-0.2, 0) is 9.53 Å². The van der Waals surface area contributed by atoms with Gasteiger partial charge in [-0.25, -0.2) is 4.79 Å². The average molecular weight is 213 g/mol. The maximum Gasteiger partial charge on any atom is 0.410 e. The van der Waals surface area contributed by atoms with Crippen molar-refractivity contribution in [2.24, 2.45) is 5.92 Å². The molecule has 15 heavy (non-hydrogen) atoms. The first-order valence-corrected chi connectivity index (χ1v) is 5.46. The van der Waals surface area contributed by atoms with Crippen LogP contribution in [0.1, 0.15) is 33.6 Å². The van der Waals surface area contributed by atoms with E-state index in [0.29, 0.717) is 25.4 Å². The number of amides is 1. The lowest BCUT2D eigenvalue weighted by Gasteiger charge is -2.29. The molecule has 0 aromatic carbocycles. The molecule has 0 radical (unpaired) electrons. The largest absolute Gasteiger partial charge is 0.447 e. The Balaban J connectivity index is 2.62. The summed E-state index contributed by atoms with van der Waals surface area (Å²) >= 11 is 0. The topological polar surface area (TPSA) is 46.6 Å². The van der Waals surface area contributed by atoms with Crippen LogP contribution in [0.5, 0.6) is 0 Å². The highest BCUT2D eigenvalue weighted by Gasteiger charge is 2.37. The van der Waals surface area contributed by atoms with Crippen LogP contribution in [-0.4, -0.2) is 36.0 Å². The van der Waals surface area contributed by atoms with Gasteiger partial charge in [0.1, 0.15) is 12.9 Å². The molecule has 2 atom stereocenters. The molecule has 4 heteroatoms. The van der Waals surface area contributed by atoms with E-state index in [1.54, 1.807) is 4.90 Å². The van der Waals surface area contributed by atoms with Gasteiger partial charge in [0.05, 0.1) is 6.04 Å². The Hall–Kier alpha value is -1.06. The fourth-order valence-corrected chi connectivity index (χ4v) is 1.92. The molecular formula is C11H19NO3. The van der Waals surface area contributed by atoms with E-state index in [1.165, 1.54) is 0 Å². The van der Waals surface area contributed by atoms with Crippen LogP contribution in [0.15, 0.2) is 0 Å². The summed E-state index contributed by atoms with van der Waals surface area (Å²) in [5.41, 5.74) is 0. The van der Waals surface area contributed by atoms with Crippen LogP contribution in [0.4, 0.5) is 4.79 Å². The zero-order chi connectivity index (χ0) is 11.4. The molecular weight excluding hydrogens is 194 g/mol. The number of ether oxygens (including phenoxy) is 1. The molecule has 86 valence electrons. The molecule has 1 saturated heterocycles. The number of cyclic esters (lactones) is 1. The first-order chi connectivity index (χ1) is 7.07. The summed E-state index contributed by atoms with van der Waals surface area (Å²) in [6.07, 6.45) is 1.85. The quantitative estimate of drug-likeness (QED) is 0.654. The highest BCUT2D eigenvalue weighted by atomic mass is 16.6. The maximum absolute atomic E-state index is 11.5. The van der Waals surface area contributed by atoms with Crippen molar-refractivity contribution < 1.29 is 14.3 Å². The van der Waals surface area contributed by atoms with Crippen molar-refractivity contribution in [3.8, 4) is 0 Å². The van der Waals surface area contributed by atoms with Crippen molar-refractivity contribution in [2.75, 3.05) is 6.61 Å². The number of aldehydes is 1. The summed E-state index contributed by atoms with van der Waals surface area (Å²) in [5.74, 6) is 0.384. The molecule has 1 rings (SSSR count). The van der Waals surface area contributed by atoms with Gasteiger partial charge in [-0.05, 0) is 19.3 Å². The van der Waals surface area contributed by atoms with Crippen molar-refractivity contribution in [2.45, 2.75) is 45.7 Å². The average Bonchev–Trinajstić information content (AvgIpc) is 2.56. The lowest BCUT2D eigenvalue weighted by molar-refractivity contribution is -0.108. The van der Waals surface area contributed by atoms with E-state index in [1.807, 2.05) is 6.92 Å². The van der Waals surface area contributed by atoms with Crippen LogP contribution in [0, 0.1) is 5.92 Å². The molecule has 1 aliphatic rings. The SMILES string of the molecule is CC(C)C1COC(=O)N1C(C)CCC=O. The summed E-state index contributed by atoms with van der Waals surface area (Å²) in [6, 6.07) is 0.233. The molecule has 0 saturated carbocycles. The molecule has 1 heterocycles. The van der Waals surface area contributed by atoms with Crippen LogP contribution < -0.4 is 0 Å². The molecule has 2 unspecified atom stereocenters. The number of carbonyl (C=O) groups is 2. The Morgan fingerprint density at radius 3 is 2.73 bits per heavy atom. The highest BCUT2D eigenvalue weighted by molar-refractivity contribution is 5.70. The zero-order valence-corrected chi connectivity index (χ0v) is 9.60. The molecule has 1 amide bonds. The van der Waals surface area contributed by atoms with Gasteiger partial charge in [-0.15, -0.1) is 0 Å². The van der Waals surface area contributed by atoms with Crippen LogP contribution in [0.25, 0.3) is 0 Å². The number of carbonyl (C=O) groups excluding carboxylic acids is 2. The predicted molar refractivity (Wildman–Crippen MR) is 56.6 cm³/mol. The van der Waals surface area contributed by atoms with Crippen molar-refractivity contribution in [1.82, 2.24) is 4.90 Å². The van der Waals surface area contributed by atoms with Gasteiger partial charge in [-0.3, -0.25) is 4.90 Å². The van der Waals surface area contributed by atoms with E-state index in [9.17, 15) is 9.59 Å². The first kappa shape index (κ1) is 12.0. The molecule has 0 aromatic rings. The van der Waals surface area contributed by atoms with Gasteiger partial charge in [-0.1, -0.05) is 13.8 Å². The zero-order valence-electron chi connectivity index (χ0n) is 9.60. The van der Waals surface area contributed by atoms with Crippen molar-refractivity contribution >= 4 is 12.4 Å². The standard InChI is InChI=1S/C11H19NO3/c1-8(2)10-7-15-11(14)12(10)9(3)5-4-6-13/h6,8-10H,4-5,7H2,1-3H3. The Morgan fingerprint density at radius 1 is 1.53 bits per heavy atom. The van der Waals surface area contributed by atoms with Gasteiger partial charge in [0.25, 0.3) is 0 Å². The molecule has 0 bridgehead atoms. The van der Waals surface area contributed by atoms with Gasteiger partial charge in [-0.2, -0.15) is 0 Å². The normalized spacial score (nSPS) is 23.1. The number of hydrogen-bond donors (Lipinski definition) is 0. The molecule has 1 fully saturated rings. The van der Waals surface area contributed by atoms with E-state index in [0.717, 1.165) is 6.29 Å². The second-order valence-corrected chi connectivity index (χ2v) is 4.39. The van der Waals surface area contributed by atoms with Crippen LogP contribution >= 0.6 is 0 Å².